The number of carbonyl (C=O) groups is 1. The van der Waals surface area contributed by atoms with Crippen molar-refractivity contribution in [2.75, 3.05) is 10.6 Å². The lowest BCUT2D eigenvalue weighted by Crippen LogP contribution is -2.30. The summed E-state index contributed by atoms with van der Waals surface area (Å²) in [7, 11) is 0. The van der Waals surface area contributed by atoms with Gasteiger partial charge >= 0.3 is 0 Å². The Hall–Kier alpha value is -3.05. The lowest BCUT2D eigenvalue weighted by molar-refractivity contribution is -0.122. The van der Waals surface area contributed by atoms with E-state index in [2.05, 4.69) is 20.6 Å². The summed E-state index contributed by atoms with van der Waals surface area (Å²) in [5.41, 5.74) is 6.44. The van der Waals surface area contributed by atoms with E-state index in [0.717, 1.165) is 31.4 Å². The predicted octanol–water partition coefficient (Wildman–Crippen LogP) is 4.43. The molecule has 2 aliphatic rings. The average molecular weight is 520 g/mol. The maximum absolute atomic E-state index is 14.6. The van der Waals surface area contributed by atoms with E-state index in [0.29, 0.717) is 55.2 Å². The molecular weight excluding hydrogens is 492 g/mol. The molecule has 0 unspecified atom stereocenters. The van der Waals surface area contributed by atoms with Gasteiger partial charge in [-0.25, -0.2) is 18.7 Å². The van der Waals surface area contributed by atoms with E-state index in [1.165, 1.54) is 0 Å². The summed E-state index contributed by atoms with van der Waals surface area (Å²) < 4.78 is 30.1. The number of nitrogens with one attached hydrogen (secondary N) is 2. The molecule has 36 heavy (non-hydrogen) atoms. The number of benzene rings is 1. The smallest absolute Gasteiger partial charge is 0.224 e. The highest BCUT2D eigenvalue weighted by molar-refractivity contribution is 6.33. The van der Waals surface area contributed by atoms with Crippen LogP contribution in [0.2, 0.25) is 5.02 Å². The summed E-state index contributed by atoms with van der Waals surface area (Å²) >= 11 is 6.13. The molecule has 2 aromatic heterocycles. The first-order valence-corrected chi connectivity index (χ1v) is 12.6. The van der Waals surface area contributed by atoms with Crippen LogP contribution < -0.4 is 16.4 Å². The molecule has 1 aromatic carbocycles. The van der Waals surface area contributed by atoms with E-state index in [1.807, 2.05) is 4.57 Å². The Morgan fingerprint density at radius 3 is 2.61 bits per heavy atom. The van der Waals surface area contributed by atoms with Crippen LogP contribution >= 0.6 is 11.6 Å². The number of nitrogens with zero attached hydrogens (tertiary/aromatic N) is 4. The topological polar surface area (TPSA) is 131 Å². The van der Waals surface area contributed by atoms with Crippen LogP contribution in [0, 0.1) is 17.6 Å². The Morgan fingerprint density at radius 1 is 1.14 bits per heavy atom. The Kier molecular flexibility index (Phi) is 6.94. The van der Waals surface area contributed by atoms with Crippen LogP contribution in [-0.2, 0) is 4.79 Å². The number of amides is 1. The Morgan fingerprint density at radius 2 is 1.92 bits per heavy atom. The van der Waals surface area contributed by atoms with Gasteiger partial charge in [-0.15, -0.1) is 0 Å². The molecule has 0 radical (unpaired) electrons. The Balaban J connectivity index is 1.51. The summed E-state index contributed by atoms with van der Waals surface area (Å²) in [4.78, 5) is 25.4. The maximum Gasteiger partial charge on any atom is 0.224 e. The van der Waals surface area contributed by atoms with Crippen LogP contribution in [0.15, 0.2) is 18.3 Å². The quantitative estimate of drug-likeness (QED) is 0.379. The molecule has 0 spiro atoms. The minimum absolute atomic E-state index is 0.0540. The second-order valence-electron chi connectivity index (χ2n) is 9.65. The van der Waals surface area contributed by atoms with Gasteiger partial charge in [0.25, 0.3) is 0 Å². The van der Waals surface area contributed by atoms with E-state index < -0.39 is 11.6 Å². The summed E-state index contributed by atoms with van der Waals surface area (Å²) in [5, 5.41) is 16.1. The molecule has 3 aromatic rings. The first-order chi connectivity index (χ1) is 17.3. The molecular formula is C24H28ClF2N7O2. The Bertz CT molecular complexity index is 1260. The van der Waals surface area contributed by atoms with Gasteiger partial charge in [0.15, 0.2) is 11.5 Å². The number of aliphatic hydroxyl groups is 1. The zero-order chi connectivity index (χ0) is 25.4. The number of rotatable bonds is 6. The van der Waals surface area contributed by atoms with Gasteiger partial charge in [-0.2, -0.15) is 4.98 Å². The Labute approximate surface area is 211 Å². The van der Waals surface area contributed by atoms with Crippen LogP contribution in [0.1, 0.15) is 57.4 Å². The van der Waals surface area contributed by atoms with E-state index in [9.17, 15) is 18.7 Å². The molecule has 0 saturated heterocycles. The van der Waals surface area contributed by atoms with Gasteiger partial charge in [-0.05, 0) is 57.4 Å². The number of hydrogen-bond donors (Lipinski definition) is 4. The molecule has 0 aliphatic heterocycles. The van der Waals surface area contributed by atoms with Crippen molar-refractivity contribution >= 4 is 46.3 Å². The van der Waals surface area contributed by atoms with Gasteiger partial charge in [-0.3, -0.25) is 9.36 Å². The van der Waals surface area contributed by atoms with Gasteiger partial charge in [0.1, 0.15) is 11.3 Å². The third-order valence-corrected chi connectivity index (χ3v) is 7.42. The molecule has 12 heteroatoms. The largest absolute Gasteiger partial charge is 0.393 e. The van der Waals surface area contributed by atoms with Crippen molar-refractivity contribution in [3.63, 3.8) is 0 Å². The van der Waals surface area contributed by atoms with E-state index in [-0.39, 0.29) is 40.7 Å². The van der Waals surface area contributed by atoms with Crippen LogP contribution in [-0.4, -0.2) is 42.7 Å². The number of anilines is 3. The van der Waals surface area contributed by atoms with Gasteiger partial charge < -0.3 is 21.5 Å². The number of hydrogen-bond acceptors (Lipinski definition) is 7. The normalized spacial score (nSPS) is 24.6. The molecule has 2 saturated carbocycles. The lowest BCUT2D eigenvalue weighted by atomic mass is 9.85. The second-order valence-corrected chi connectivity index (χ2v) is 10.1. The first kappa shape index (κ1) is 24.6. The molecule has 9 nitrogen and oxygen atoms in total. The van der Waals surface area contributed by atoms with Crippen LogP contribution in [0.5, 0.6) is 0 Å². The summed E-state index contributed by atoms with van der Waals surface area (Å²) in [6, 6.07) is 1.74. The monoisotopic (exact) mass is 519 g/mol. The van der Waals surface area contributed by atoms with E-state index in [1.54, 1.807) is 6.20 Å². The number of imidazole rings is 1. The van der Waals surface area contributed by atoms with Crippen LogP contribution in [0.3, 0.4) is 0 Å². The zero-order valence-corrected chi connectivity index (χ0v) is 20.3. The zero-order valence-electron chi connectivity index (χ0n) is 19.6. The van der Waals surface area contributed by atoms with Crippen molar-refractivity contribution in [2.45, 2.75) is 69.6 Å². The van der Waals surface area contributed by atoms with E-state index >= 15 is 0 Å². The minimum Gasteiger partial charge on any atom is -0.393 e. The highest BCUT2D eigenvalue weighted by Crippen LogP contribution is 2.38. The summed E-state index contributed by atoms with van der Waals surface area (Å²) in [6.07, 6.45) is 6.99. The number of fused-ring (bicyclic) bond motifs is 1. The summed E-state index contributed by atoms with van der Waals surface area (Å²) in [5.74, 6) is -1.44. The molecule has 2 aliphatic carbocycles. The highest BCUT2D eigenvalue weighted by atomic mass is 35.5. The fourth-order valence-corrected chi connectivity index (χ4v) is 5.51. The highest BCUT2D eigenvalue weighted by Gasteiger charge is 2.30. The van der Waals surface area contributed by atoms with Crippen LogP contribution in [0.4, 0.5) is 26.4 Å². The fourth-order valence-electron chi connectivity index (χ4n) is 5.26. The standard InChI is InChI=1S/C24H28ClF2N7O2/c25-17-8-13(26)9-18(27)20(17)32-24-31-19-11-29-23(30-14-2-1-3-16(35)10-14)33-22(19)34(24)15-6-4-12(5-7-15)21(28)36/h8-9,11-12,14-16,35H,1-7,10H2,(H2,28,36)(H,31,32)(H,29,30,33)/t12-,14-,15-,16-/m1/s1. The lowest BCUT2D eigenvalue weighted by Gasteiger charge is -2.29. The van der Waals surface area contributed by atoms with Crippen LogP contribution in [0.25, 0.3) is 11.2 Å². The number of aliphatic hydroxyl groups excluding tert-OH is 1. The number of halogens is 3. The number of carbonyl (C=O) groups excluding carboxylic acids is 1. The van der Waals surface area contributed by atoms with Crippen molar-refractivity contribution in [2.24, 2.45) is 11.7 Å². The van der Waals surface area contributed by atoms with Gasteiger partial charge in [-0.1, -0.05) is 11.6 Å². The minimum atomic E-state index is -0.847. The average Bonchev–Trinajstić information content (AvgIpc) is 3.18. The van der Waals surface area contributed by atoms with Crippen molar-refractivity contribution in [1.82, 2.24) is 19.5 Å². The molecule has 2 heterocycles. The number of primary amides is 1. The van der Waals surface area contributed by atoms with Gasteiger partial charge in [0.2, 0.25) is 17.8 Å². The maximum atomic E-state index is 14.6. The van der Waals surface area contributed by atoms with Crippen molar-refractivity contribution in [3.8, 4) is 0 Å². The first-order valence-electron chi connectivity index (χ1n) is 12.2. The number of nitrogens with two attached hydrogens (primary N) is 1. The number of aromatic nitrogens is 4. The van der Waals surface area contributed by atoms with Gasteiger partial charge in [0.05, 0.1) is 23.0 Å². The van der Waals surface area contributed by atoms with Crippen molar-refractivity contribution < 1.29 is 18.7 Å². The fraction of sp³-hybridized carbons (Fsp3) is 0.500. The predicted molar refractivity (Wildman–Crippen MR) is 132 cm³/mol. The van der Waals surface area contributed by atoms with Gasteiger partial charge in [0, 0.05) is 24.1 Å². The third kappa shape index (κ3) is 5.08. The molecule has 0 bridgehead atoms. The van der Waals surface area contributed by atoms with Crippen molar-refractivity contribution in [3.05, 3.63) is 35.0 Å². The molecule has 1 amide bonds. The van der Waals surface area contributed by atoms with E-state index in [4.69, 9.17) is 22.3 Å². The summed E-state index contributed by atoms with van der Waals surface area (Å²) in [6.45, 7) is 0. The molecule has 192 valence electrons. The second kappa shape index (κ2) is 10.1. The molecule has 5 N–H and O–H groups in total. The third-order valence-electron chi connectivity index (χ3n) is 7.12. The molecule has 5 rings (SSSR count). The molecule has 2 atom stereocenters. The van der Waals surface area contributed by atoms with Crippen molar-refractivity contribution in [1.29, 1.82) is 0 Å². The molecule has 2 fully saturated rings. The SMILES string of the molecule is NC(=O)[C@H]1CC[C@H](n2c(Nc3c(F)cc(F)cc3Cl)nc3cnc(N[C@@H]4CCC[C@@H](O)C4)nc32)CC1.